The fourth-order valence-electron chi connectivity index (χ4n) is 3.88. The Morgan fingerprint density at radius 2 is 2.09 bits per heavy atom. The topological polar surface area (TPSA) is 71.0 Å². The summed E-state index contributed by atoms with van der Waals surface area (Å²) in [6, 6.07) is 0. The fourth-order valence-corrected chi connectivity index (χ4v) is 4.75. The van der Waals surface area contributed by atoms with Gasteiger partial charge in [-0.05, 0) is 31.1 Å². The Labute approximate surface area is 141 Å². The van der Waals surface area contributed by atoms with Gasteiger partial charge in [0.05, 0.1) is 5.75 Å². The average Bonchev–Trinajstić information content (AvgIpc) is 2.93. The van der Waals surface area contributed by atoms with Crippen LogP contribution >= 0.6 is 11.8 Å². The van der Waals surface area contributed by atoms with E-state index >= 15 is 0 Å². The SMILES string of the molecule is CCCn1c(SCC(=O)N2CC[C@@H]3CCCC[C@@H]3C2)n[nH]c1=O. The number of nitrogens with zero attached hydrogens (tertiary/aromatic N) is 3. The number of carbonyl (C=O) groups excluding carboxylic acids is 1. The van der Waals surface area contributed by atoms with Crippen LogP contribution in [-0.2, 0) is 11.3 Å². The van der Waals surface area contributed by atoms with Crippen molar-refractivity contribution in [3.05, 3.63) is 10.5 Å². The van der Waals surface area contributed by atoms with Gasteiger partial charge in [-0.2, -0.15) is 0 Å². The van der Waals surface area contributed by atoms with Crippen LogP contribution < -0.4 is 5.69 Å². The van der Waals surface area contributed by atoms with Crippen molar-refractivity contribution in [1.82, 2.24) is 19.7 Å². The van der Waals surface area contributed by atoms with Gasteiger partial charge in [0, 0.05) is 19.6 Å². The summed E-state index contributed by atoms with van der Waals surface area (Å²) in [4.78, 5) is 26.2. The van der Waals surface area contributed by atoms with Gasteiger partial charge in [-0.3, -0.25) is 9.36 Å². The van der Waals surface area contributed by atoms with Crippen molar-refractivity contribution in [3.8, 4) is 0 Å². The number of amides is 1. The highest BCUT2D eigenvalue weighted by Crippen LogP contribution is 2.36. The Morgan fingerprint density at radius 1 is 1.30 bits per heavy atom. The van der Waals surface area contributed by atoms with E-state index in [9.17, 15) is 9.59 Å². The van der Waals surface area contributed by atoms with Crippen molar-refractivity contribution >= 4 is 17.7 Å². The zero-order valence-corrected chi connectivity index (χ0v) is 14.6. The van der Waals surface area contributed by atoms with Gasteiger partial charge in [-0.25, -0.2) is 9.89 Å². The molecule has 2 fully saturated rings. The second-order valence-corrected chi connectivity index (χ2v) is 7.63. The molecule has 1 saturated carbocycles. The van der Waals surface area contributed by atoms with Crippen LogP contribution in [-0.4, -0.2) is 44.4 Å². The van der Waals surface area contributed by atoms with E-state index in [0.717, 1.165) is 31.8 Å². The van der Waals surface area contributed by atoms with Gasteiger partial charge in [0.1, 0.15) is 0 Å². The molecule has 1 amide bonds. The molecule has 23 heavy (non-hydrogen) atoms. The van der Waals surface area contributed by atoms with Crippen molar-refractivity contribution in [2.45, 2.75) is 57.1 Å². The normalized spacial score (nSPS) is 24.5. The number of piperidine rings is 1. The Hall–Kier alpha value is -1.24. The molecule has 0 bridgehead atoms. The molecule has 0 radical (unpaired) electrons. The van der Waals surface area contributed by atoms with E-state index in [1.807, 2.05) is 11.8 Å². The van der Waals surface area contributed by atoms with Gasteiger partial charge >= 0.3 is 5.69 Å². The molecule has 1 aliphatic heterocycles. The van der Waals surface area contributed by atoms with E-state index in [2.05, 4.69) is 10.2 Å². The summed E-state index contributed by atoms with van der Waals surface area (Å²) in [5, 5.41) is 7.13. The van der Waals surface area contributed by atoms with Crippen LogP contribution in [0.25, 0.3) is 0 Å². The summed E-state index contributed by atoms with van der Waals surface area (Å²) in [7, 11) is 0. The third-order valence-corrected chi connectivity index (χ3v) is 6.10. The van der Waals surface area contributed by atoms with Gasteiger partial charge in [0.15, 0.2) is 5.16 Å². The molecule has 1 aromatic heterocycles. The highest BCUT2D eigenvalue weighted by atomic mass is 32.2. The molecule has 1 aliphatic carbocycles. The van der Waals surface area contributed by atoms with Crippen molar-refractivity contribution in [2.75, 3.05) is 18.8 Å². The Balaban J connectivity index is 1.54. The maximum Gasteiger partial charge on any atom is 0.343 e. The maximum atomic E-state index is 12.5. The number of aromatic amines is 1. The van der Waals surface area contributed by atoms with E-state index < -0.39 is 0 Å². The highest BCUT2D eigenvalue weighted by molar-refractivity contribution is 7.99. The average molecular weight is 338 g/mol. The first-order valence-electron chi connectivity index (χ1n) is 8.74. The number of fused-ring (bicyclic) bond motifs is 1. The molecule has 0 spiro atoms. The quantitative estimate of drug-likeness (QED) is 0.835. The predicted octanol–water partition coefficient (Wildman–Crippen LogP) is 2.11. The molecule has 1 N–H and O–H groups in total. The van der Waals surface area contributed by atoms with Crippen LogP contribution in [0.15, 0.2) is 9.95 Å². The van der Waals surface area contributed by atoms with Crippen molar-refractivity contribution in [3.63, 3.8) is 0 Å². The summed E-state index contributed by atoms with van der Waals surface area (Å²) in [5.41, 5.74) is -0.190. The number of likely N-dealkylation sites (tertiary alicyclic amines) is 1. The highest BCUT2D eigenvalue weighted by Gasteiger charge is 2.32. The lowest BCUT2D eigenvalue weighted by molar-refractivity contribution is -0.131. The molecule has 7 heteroatoms. The number of nitrogens with one attached hydrogen (secondary N) is 1. The van der Waals surface area contributed by atoms with Crippen LogP contribution in [0.1, 0.15) is 45.4 Å². The number of H-pyrrole nitrogens is 1. The second-order valence-electron chi connectivity index (χ2n) is 6.68. The molecule has 1 aromatic rings. The van der Waals surface area contributed by atoms with Crippen LogP contribution in [0.4, 0.5) is 0 Å². The van der Waals surface area contributed by atoms with Crippen LogP contribution in [0.2, 0.25) is 0 Å². The standard InChI is InChI=1S/C16H26N4O2S/c1-2-8-20-15(22)17-18-16(20)23-11-14(21)19-9-7-12-5-3-4-6-13(12)10-19/h12-13H,2-11H2,1H3,(H,17,22)/t12-,13+/m0/s1. The molecule has 2 heterocycles. The van der Waals surface area contributed by atoms with Gasteiger partial charge < -0.3 is 4.90 Å². The molecule has 1 saturated heterocycles. The summed E-state index contributed by atoms with van der Waals surface area (Å²) in [6.07, 6.45) is 7.32. The third-order valence-electron chi connectivity index (χ3n) is 5.14. The van der Waals surface area contributed by atoms with E-state index in [1.165, 1.54) is 37.4 Å². The Bertz CT molecular complexity index is 597. The first kappa shape index (κ1) is 16.6. The smallest absolute Gasteiger partial charge is 0.342 e. The Morgan fingerprint density at radius 3 is 2.87 bits per heavy atom. The van der Waals surface area contributed by atoms with E-state index in [-0.39, 0.29) is 11.6 Å². The fraction of sp³-hybridized carbons (Fsp3) is 0.812. The minimum atomic E-state index is -0.190. The first-order valence-corrected chi connectivity index (χ1v) is 9.73. The molecule has 3 rings (SSSR count). The van der Waals surface area contributed by atoms with Gasteiger partial charge in [0.25, 0.3) is 0 Å². The van der Waals surface area contributed by atoms with Gasteiger partial charge in [0.2, 0.25) is 5.91 Å². The predicted molar refractivity (Wildman–Crippen MR) is 90.5 cm³/mol. The monoisotopic (exact) mass is 338 g/mol. The number of rotatable bonds is 5. The summed E-state index contributed by atoms with van der Waals surface area (Å²) in [6.45, 7) is 4.47. The van der Waals surface area contributed by atoms with Crippen LogP contribution in [0.3, 0.4) is 0 Å². The number of carbonyl (C=O) groups is 1. The molecule has 0 aromatic carbocycles. The number of hydrogen-bond donors (Lipinski definition) is 1. The lowest BCUT2D eigenvalue weighted by Crippen LogP contribution is -2.45. The second kappa shape index (κ2) is 7.55. The Kier molecular flexibility index (Phi) is 5.46. The number of aromatic nitrogens is 3. The zero-order valence-electron chi connectivity index (χ0n) is 13.8. The van der Waals surface area contributed by atoms with Crippen molar-refractivity contribution in [1.29, 1.82) is 0 Å². The van der Waals surface area contributed by atoms with E-state index in [1.54, 1.807) is 4.57 Å². The third kappa shape index (κ3) is 3.82. The molecule has 0 unspecified atom stereocenters. The van der Waals surface area contributed by atoms with Crippen LogP contribution in [0.5, 0.6) is 0 Å². The largest absolute Gasteiger partial charge is 0.343 e. The van der Waals surface area contributed by atoms with Gasteiger partial charge in [-0.1, -0.05) is 37.9 Å². The molecular formula is C16H26N4O2S. The van der Waals surface area contributed by atoms with Crippen molar-refractivity contribution < 1.29 is 4.79 Å². The molecule has 6 nitrogen and oxygen atoms in total. The zero-order chi connectivity index (χ0) is 16.2. The van der Waals surface area contributed by atoms with E-state index in [0.29, 0.717) is 23.4 Å². The maximum absolute atomic E-state index is 12.5. The van der Waals surface area contributed by atoms with Crippen molar-refractivity contribution in [2.24, 2.45) is 11.8 Å². The lowest BCUT2D eigenvalue weighted by Gasteiger charge is -2.41. The first-order chi connectivity index (χ1) is 11.2. The molecule has 128 valence electrons. The summed E-state index contributed by atoms with van der Waals surface area (Å²) < 4.78 is 1.62. The molecular weight excluding hydrogens is 312 g/mol. The number of hydrogen-bond acceptors (Lipinski definition) is 4. The molecule has 2 aliphatic rings. The summed E-state index contributed by atoms with van der Waals surface area (Å²) >= 11 is 1.37. The minimum absolute atomic E-state index is 0.178. The number of thioether (sulfide) groups is 1. The summed E-state index contributed by atoms with van der Waals surface area (Å²) in [5.74, 6) is 2.08. The molecule has 2 atom stereocenters. The lowest BCUT2D eigenvalue weighted by atomic mass is 9.75. The van der Waals surface area contributed by atoms with E-state index in [4.69, 9.17) is 0 Å². The van der Waals surface area contributed by atoms with Crippen LogP contribution in [0, 0.1) is 11.8 Å². The van der Waals surface area contributed by atoms with Gasteiger partial charge in [-0.15, -0.1) is 5.10 Å². The minimum Gasteiger partial charge on any atom is -0.342 e.